The molecule has 0 atom stereocenters. The highest BCUT2D eigenvalue weighted by Gasteiger charge is 2.26. The van der Waals surface area contributed by atoms with Crippen molar-refractivity contribution in [3.8, 4) is 28.4 Å². The van der Waals surface area contributed by atoms with Crippen LogP contribution in [0.5, 0.6) is 17.2 Å². The van der Waals surface area contributed by atoms with Crippen LogP contribution in [0.3, 0.4) is 0 Å². The molecule has 0 aromatic heterocycles. The van der Waals surface area contributed by atoms with Crippen LogP contribution in [-0.2, 0) is 4.74 Å². The Bertz CT molecular complexity index is 1260. The summed E-state index contributed by atoms with van der Waals surface area (Å²) in [5, 5.41) is 0. The Morgan fingerprint density at radius 2 is 1.28 bits per heavy atom. The van der Waals surface area contributed by atoms with Gasteiger partial charge in [0, 0.05) is 11.1 Å². The Kier molecular flexibility index (Phi) is 7.40. The van der Waals surface area contributed by atoms with Gasteiger partial charge in [-0.1, -0.05) is 62.8 Å². The van der Waals surface area contributed by atoms with Crippen LogP contribution in [0.25, 0.3) is 35.4 Å². The summed E-state index contributed by atoms with van der Waals surface area (Å²) in [6.45, 7) is 16.1. The highest BCUT2D eigenvalue weighted by Crippen LogP contribution is 2.45. The van der Waals surface area contributed by atoms with E-state index in [1.807, 2.05) is 24.3 Å². The van der Waals surface area contributed by atoms with Gasteiger partial charge in [0.05, 0.1) is 12.7 Å². The fourth-order valence-electron chi connectivity index (χ4n) is 4.21. The van der Waals surface area contributed by atoms with Crippen molar-refractivity contribution in [3.63, 3.8) is 0 Å². The van der Waals surface area contributed by atoms with Gasteiger partial charge in [-0.2, -0.15) is 0 Å². The van der Waals surface area contributed by atoms with Crippen LogP contribution >= 0.6 is 0 Å². The summed E-state index contributed by atoms with van der Waals surface area (Å²) in [5.41, 5.74) is 5.52. The lowest BCUT2D eigenvalue weighted by atomic mass is 9.88. The van der Waals surface area contributed by atoms with Gasteiger partial charge < -0.3 is 18.9 Å². The second-order valence-electron chi connectivity index (χ2n) is 8.08. The smallest absolute Gasteiger partial charge is 0.338 e. The third-order valence-electron chi connectivity index (χ3n) is 6.03. The van der Waals surface area contributed by atoms with Crippen LogP contribution < -0.4 is 14.2 Å². The lowest BCUT2D eigenvalue weighted by Gasteiger charge is -2.20. The average molecular weight is 481 g/mol. The molecule has 3 aromatic rings. The minimum atomic E-state index is -0.657. The van der Waals surface area contributed by atoms with Crippen LogP contribution in [0.15, 0.2) is 74.8 Å². The van der Waals surface area contributed by atoms with Gasteiger partial charge in [-0.3, -0.25) is 0 Å². The number of carbonyl (C=O) groups excluding carboxylic acids is 1. The van der Waals surface area contributed by atoms with E-state index < -0.39 is 12.1 Å². The minimum absolute atomic E-state index is 0.102. The van der Waals surface area contributed by atoms with Crippen molar-refractivity contribution in [1.82, 2.24) is 0 Å². The van der Waals surface area contributed by atoms with Crippen LogP contribution in [-0.4, -0.2) is 32.4 Å². The Morgan fingerprint density at radius 3 is 1.69 bits per heavy atom. The van der Waals surface area contributed by atoms with Crippen LogP contribution in [0.4, 0.5) is 0 Å². The van der Waals surface area contributed by atoms with Crippen molar-refractivity contribution < 1.29 is 23.7 Å². The molecule has 4 rings (SSSR count). The summed E-state index contributed by atoms with van der Waals surface area (Å²) in [4.78, 5) is 12.8. The molecule has 0 N–H and O–H groups in total. The minimum Gasteiger partial charge on any atom is -0.497 e. The van der Waals surface area contributed by atoms with Crippen LogP contribution in [0.2, 0.25) is 0 Å². The van der Waals surface area contributed by atoms with Crippen molar-refractivity contribution >= 4 is 30.3 Å². The number of carbonyl (C=O) groups is 1. The predicted molar refractivity (Wildman–Crippen MR) is 145 cm³/mol. The quantitative estimate of drug-likeness (QED) is 0.343. The molecule has 0 aliphatic carbocycles. The van der Waals surface area contributed by atoms with Gasteiger partial charge in [-0.25, -0.2) is 4.79 Å². The van der Waals surface area contributed by atoms with Crippen molar-refractivity contribution in [2.75, 3.05) is 20.3 Å². The molecule has 0 fully saturated rings. The van der Waals surface area contributed by atoms with Crippen LogP contribution in [0, 0.1) is 0 Å². The first-order chi connectivity index (χ1) is 17.5. The molecule has 0 spiro atoms. The fraction of sp³-hybridized carbons (Fsp3) is 0.129. The molecular weight excluding hydrogens is 452 g/mol. The van der Waals surface area contributed by atoms with Gasteiger partial charge in [0.15, 0.2) is 6.10 Å². The second kappa shape index (κ2) is 10.8. The van der Waals surface area contributed by atoms with E-state index in [-0.39, 0.29) is 13.2 Å². The largest absolute Gasteiger partial charge is 0.497 e. The molecule has 1 aliphatic heterocycles. The van der Waals surface area contributed by atoms with Gasteiger partial charge in [0.1, 0.15) is 30.5 Å². The first-order valence-corrected chi connectivity index (χ1v) is 11.5. The number of hydrogen-bond acceptors (Lipinski definition) is 5. The number of esters is 1. The number of rotatable bonds is 7. The summed E-state index contributed by atoms with van der Waals surface area (Å²) in [5.74, 6) is 1.40. The van der Waals surface area contributed by atoms with E-state index in [0.29, 0.717) is 22.8 Å². The van der Waals surface area contributed by atoms with E-state index in [1.54, 1.807) is 55.7 Å². The maximum Gasteiger partial charge on any atom is 0.338 e. The Morgan fingerprint density at radius 1 is 0.778 bits per heavy atom. The van der Waals surface area contributed by atoms with Crippen molar-refractivity contribution in [1.29, 1.82) is 0 Å². The number of ether oxygens (including phenoxy) is 4. The van der Waals surface area contributed by atoms with Crippen LogP contribution in [0.1, 0.15) is 32.6 Å². The maximum absolute atomic E-state index is 12.8. The summed E-state index contributed by atoms with van der Waals surface area (Å²) in [7, 11) is 1.57. The third-order valence-corrected chi connectivity index (χ3v) is 6.03. The van der Waals surface area contributed by atoms with Gasteiger partial charge in [0.2, 0.25) is 0 Å². The van der Waals surface area contributed by atoms with Gasteiger partial charge in [-0.05, 0) is 58.7 Å². The van der Waals surface area contributed by atoms with E-state index in [4.69, 9.17) is 18.9 Å². The molecule has 3 aromatic carbocycles. The molecule has 1 heterocycles. The predicted octanol–water partition coefficient (Wildman–Crippen LogP) is 6.93. The first kappa shape index (κ1) is 24.6. The molecule has 5 heteroatoms. The summed E-state index contributed by atoms with van der Waals surface area (Å²) in [6, 6.07) is 14.3. The molecule has 0 bridgehead atoms. The molecule has 1 aliphatic rings. The van der Waals surface area contributed by atoms with Gasteiger partial charge in [0.25, 0.3) is 0 Å². The van der Waals surface area contributed by atoms with E-state index in [9.17, 15) is 4.79 Å². The molecule has 5 nitrogen and oxygen atoms in total. The number of fused-ring (bicyclic) bond motifs is 3. The zero-order chi connectivity index (χ0) is 25.7. The zero-order valence-corrected chi connectivity index (χ0v) is 20.3. The standard InChI is InChI=1S/C31H28O5/c1-6-20-12-16-27-29(25(20)8-3)30-26(9-4)21(7-2)13-17-28(30)35-19-24(18-34-27)36-31(32)22-10-14-23(33-5)15-11-22/h6-17,24H,1-4,18-19H2,5H3. The van der Waals surface area contributed by atoms with E-state index in [2.05, 4.69) is 26.3 Å². The molecule has 0 radical (unpaired) electrons. The van der Waals surface area contributed by atoms with E-state index >= 15 is 0 Å². The lowest BCUT2D eigenvalue weighted by molar-refractivity contribution is 0.00318. The Labute approximate surface area is 211 Å². The molecule has 182 valence electrons. The van der Waals surface area contributed by atoms with Crippen molar-refractivity contribution in [3.05, 3.63) is 103 Å². The molecule has 0 saturated carbocycles. The first-order valence-electron chi connectivity index (χ1n) is 11.5. The number of benzene rings is 3. The second-order valence-corrected chi connectivity index (χ2v) is 8.08. The van der Waals surface area contributed by atoms with Crippen molar-refractivity contribution in [2.24, 2.45) is 0 Å². The fourth-order valence-corrected chi connectivity index (χ4v) is 4.21. The Balaban J connectivity index is 1.78. The monoisotopic (exact) mass is 480 g/mol. The highest BCUT2D eigenvalue weighted by atomic mass is 16.6. The summed E-state index contributed by atoms with van der Waals surface area (Å²) < 4.78 is 23.4. The lowest BCUT2D eigenvalue weighted by Crippen LogP contribution is -2.31. The summed E-state index contributed by atoms with van der Waals surface area (Å²) >= 11 is 0. The number of methoxy groups -OCH3 is 1. The summed E-state index contributed by atoms with van der Waals surface area (Å²) in [6.07, 6.45) is 6.44. The normalized spacial score (nSPS) is 12.7. The van der Waals surface area contributed by atoms with Gasteiger partial charge >= 0.3 is 5.97 Å². The van der Waals surface area contributed by atoms with E-state index in [0.717, 1.165) is 33.4 Å². The molecule has 36 heavy (non-hydrogen) atoms. The number of hydrogen-bond donors (Lipinski definition) is 0. The highest BCUT2D eigenvalue weighted by molar-refractivity contribution is 5.93. The average Bonchev–Trinajstić information content (AvgIpc) is 3.00. The zero-order valence-electron chi connectivity index (χ0n) is 20.3. The topological polar surface area (TPSA) is 54.0 Å². The van der Waals surface area contributed by atoms with Gasteiger partial charge in [-0.15, -0.1) is 0 Å². The van der Waals surface area contributed by atoms with E-state index in [1.165, 1.54) is 0 Å². The molecule has 0 saturated heterocycles. The Hall–Kier alpha value is -4.51. The third kappa shape index (κ3) is 4.68. The van der Waals surface area contributed by atoms with Crippen molar-refractivity contribution in [2.45, 2.75) is 6.10 Å². The molecule has 0 unspecified atom stereocenters. The SMILES string of the molecule is C=Cc1ccc2c(c1C=C)-c1c(ccc(C=C)c1C=C)OCC(OC(=O)c1ccc(OC)cc1)CO2. The molecular formula is C31H28O5. The molecule has 0 amide bonds. The maximum atomic E-state index is 12.8.